The summed E-state index contributed by atoms with van der Waals surface area (Å²) in [5.74, 6) is 0.610. The minimum Gasteiger partial charge on any atom is -0.387 e. The third kappa shape index (κ3) is 6.43. The molecule has 122 valence electrons. The molecule has 2 aromatic carbocycles. The lowest BCUT2D eigenvalue weighted by Gasteiger charge is -2.12. The molecule has 0 aromatic heterocycles. The maximum atomic E-state index is 5.98. The Balaban J connectivity index is 1.78. The number of nitrogens with zero attached hydrogens (tertiary/aromatic N) is 1. The van der Waals surface area contributed by atoms with E-state index in [1.165, 1.54) is 11.1 Å². The number of aryl methyl sites for hydroxylation is 1. The molecule has 0 fully saturated rings. The Kier molecular flexibility index (Phi) is 6.63. The summed E-state index contributed by atoms with van der Waals surface area (Å²) in [6, 6.07) is 16.0. The van der Waals surface area contributed by atoms with Gasteiger partial charge in [0, 0.05) is 11.4 Å². The van der Waals surface area contributed by atoms with Crippen LogP contribution in [-0.2, 0) is 17.8 Å². The molecule has 4 heteroatoms. The van der Waals surface area contributed by atoms with Crippen LogP contribution in [0, 0.1) is 6.92 Å². The molecule has 23 heavy (non-hydrogen) atoms. The second kappa shape index (κ2) is 8.70. The molecule has 0 aliphatic heterocycles. The quantitative estimate of drug-likeness (QED) is 0.612. The Labute approximate surface area is 143 Å². The van der Waals surface area contributed by atoms with Crippen molar-refractivity contribution >= 4 is 17.4 Å². The summed E-state index contributed by atoms with van der Waals surface area (Å²) in [6.45, 7) is 5.24. The SMILES string of the molecule is Cc1cccc(COC(C)CN=C(N)Cc2ccc(Cl)cc2)c1. The smallest absolute Gasteiger partial charge is 0.0982 e. The number of hydrogen-bond acceptors (Lipinski definition) is 2. The number of hydrogen-bond donors (Lipinski definition) is 1. The van der Waals surface area contributed by atoms with E-state index in [1.807, 2.05) is 37.3 Å². The van der Waals surface area contributed by atoms with Gasteiger partial charge in [0.25, 0.3) is 0 Å². The van der Waals surface area contributed by atoms with E-state index in [0.717, 1.165) is 10.6 Å². The lowest BCUT2D eigenvalue weighted by molar-refractivity contribution is 0.0593. The Bertz CT molecular complexity index is 653. The highest BCUT2D eigenvalue weighted by atomic mass is 35.5. The Morgan fingerprint density at radius 2 is 1.91 bits per heavy atom. The number of benzene rings is 2. The van der Waals surface area contributed by atoms with Gasteiger partial charge in [0.1, 0.15) is 0 Å². The highest BCUT2D eigenvalue weighted by molar-refractivity contribution is 6.30. The van der Waals surface area contributed by atoms with Gasteiger partial charge in [0.2, 0.25) is 0 Å². The van der Waals surface area contributed by atoms with E-state index in [9.17, 15) is 0 Å². The van der Waals surface area contributed by atoms with Gasteiger partial charge in [0.05, 0.1) is 25.1 Å². The van der Waals surface area contributed by atoms with Gasteiger partial charge in [-0.15, -0.1) is 0 Å². The number of amidine groups is 1. The number of halogens is 1. The zero-order chi connectivity index (χ0) is 16.7. The van der Waals surface area contributed by atoms with Crippen LogP contribution in [0.5, 0.6) is 0 Å². The van der Waals surface area contributed by atoms with E-state index in [2.05, 4.69) is 30.1 Å². The molecule has 3 nitrogen and oxygen atoms in total. The van der Waals surface area contributed by atoms with Crippen LogP contribution in [0.15, 0.2) is 53.5 Å². The first-order valence-corrected chi connectivity index (χ1v) is 8.11. The largest absolute Gasteiger partial charge is 0.387 e. The fourth-order valence-corrected chi connectivity index (χ4v) is 2.33. The van der Waals surface area contributed by atoms with E-state index in [4.69, 9.17) is 22.1 Å². The topological polar surface area (TPSA) is 47.6 Å². The van der Waals surface area contributed by atoms with Crippen molar-refractivity contribution in [2.45, 2.75) is 33.0 Å². The molecule has 0 saturated heterocycles. The van der Waals surface area contributed by atoms with Gasteiger partial charge in [-0.05, 0) is 37.1 Å². The summed E-state index contributed by atoms with van der Waals surface area (Å²) in [6.07, 6.45) is 0.654. The minimum absolute atomic E-state index is 0.0271. The fourth-order valence-electron chi connectivity index (χ4n) is 2.21. The molecular weight excluding hydrogens is 308 g/mol. The van der Waals surface area contributed by atoms with Crippen LogP contribution in [0.25, 0.3) is 0 Å². The lowest BCUT2D eigenvalue weighted by Crippen LogP contribution is -2.19. The normalized spacial score (nSPS) is 13.1. The molecule has 0 heterocycles. The summed E-state index contributed by atoms with van der Waals surface area (Å²) < 4.78 is 5.82. The van der Waals surface area contributed by atoms with Gasteiger partial charge >= 0.3 is 0 Å². The molecule has 0 saturated carbocycles. The van der Waals surface area contributed by atoms with Crippen molar-refractivity contribution in [1.82, 2.24) is 0 Å². The van der Waals surface area contributed by atoms with Crippen molar-refractivity contribution in [2.75, 3.05) is 6.54 Å². The van der Waals surface area contributed by atoms with Gasteiger partial charge in [-0.3, -0.25) is 4.99 Å². The van der Waals surface area contributed by atoms with Crippen molar-refractivity contribution < 1.29 is 4.74 Å². The van der Waals surface area contributed by atoms with Crippen LogP contribution in [0.2, 0.25) is 5.02 Å². The average Bonchev–Trinajstić information content (AvgIpc) is 2.53. The van der Waals surface area contributed by atoms with E-state index in [0.29, 0.717) is 25.4 Å². The molecule has 0 aliphatic rings. The molecule has 0 radical (unpaired) electrons. The maximum Gasteiger partial charge on any atom is 0.0982 e. The van der Waals surface area contributed by atoms with E-state index in [1.54, 1.807) is 0 Å². The van der Waals surface area contributed by atoms with Gasteiger partial charge in [-0.25, -0.2) is 0 Å². The molecular formula is C19H23ClN2O. The zero-order valence-electron chi connectivity index (χ0n) is 13.6. The highest BCUT2D eigenvalue weighted by Crippen LogP contribution is 2.10. The van der Waals surface area contributed by atoms with Gasteiger partial charge < -0.3 is 10.5 Å². The molecule has 2 aromatic rings. The van der Waals surface area contributed by atoms with Gasteiger partial charge in [-0.1, -0.05) is 53.6 Å². The summed E-state index contributed by atoms with van der Waals surface area (Å²) in [5.41, 5.74) is 9.50. The van der Waals surface area contributed by atoms with Crippen LogP contribution in [0.3, 0.4) is 0 Å². The number of ether oxygens (including phenoxy) is 1. The van der Waals surface area contributed by atoms with Crippen molar-refractivity contribution in [3.05, 3.63) is 70.2 Å². The standard InChI is InChI=1S/C19H23ClN2O/c1-14-4-3-5-17(10-14)13-23-15(2)12-22-19(21)11-16-6-8-18(20)9-7-16/h3-10,15H,11-13H2,1-2H3,(H2,21,22). The van der Waals surface area contributed by atoms with Crippen LogP contribution < -0.4 is 5.73 Å². The molecule has 0 amide bonds. The first-order valence-electron chi connectivity index (χ1n) is 7.73. The van der Waals surface area contributed by atoms with Crippen molar-refractivity contribution in [3.8, 4) is 0 Å². The summed E-state index contributed by atoms with van der Waals surface area (Å²) in [7, 11) is 0. The number of rotatable bonds is 7. The minimum atomic E-state index is 0.0271. The van der Waals surface area contributed by atoms with Crippen molar-refractivity contribution in [1.29, 1.82) is 0 Å². The van der Waals surface area contributed by atoms with Crippen LogP contribution >= 0.6 is 11.6 Å². The van der Waals surface area contributed by atoms with E-state index >= 15 is 0 Å². The van der Waals surface area contributed by atoms with E-state index < -0.39 is 0 Å². The predicted octanol–water partition coefficient (Wildman–Crippen LogP) is 4.15. The molecule has 0 spiro atoms. The highest BCUT2D eigenvalue weighted by Gasteiger charge is 2.03. The van der Waals surface area contributed by atoms with Crippen LogP contribution in [-0.4, -0.2) is 18.5 Å². The Hall–Kier alpha value is -1.84. The maximum absolute atomic E-state index is 5.98. The van der Waals surface area contributed by atoms with Crippen LogP contribution in [0.1, 0.15) is 23.6 Å². The van der Waals surface area contributed by atoms with Crippen molar-refractivity contribution in [3.63, 3.8) is 0 Å². The van der Waals surface area contributed by atoms with Gasteiger partial charge in [-0.2, -0.15) is 0 Å². The van der Waals surface area contributed by atoms with Gasteiger partial charge in [0.15, 0.2) is 0 Å². The predicted molar refractivity (Wildman–Crippen MR) is 97.1 cm³/mol. The molecule has 1 atom stereocenters. The Morgan fingerprint density at radius 3 is 2.61 bits per heavy atom. The second-order valence-electron chi connectivity index (χ2n) is 5.75. The third-order valence-electron chi connectivity index (χ3n) is 3.47. The summed E-state index contributed by atoms with van der Waals surface area (Å²) in [5, 5.41) is 0.724. The second-order valence-corrected chi connectivity index (χ2v) is 6.18. The van der Waals surface area contributed by atoms with Crippen molar-refractivity contribution in [2.24, 2.45) is 10.7 Å². The third-order valence-corrected chi connectivity index (χ3v) is 3.72. The van der Waals surface area contributed by atoms with Crippen LogP contribution in [0.4, 0.5) is 0 Å². The zero-order valence-corrected chi connectivity index (χ0v) is 14.4. The Morgan fingerprint density at radius 1 is 1.17 bits per heavy atom. The monoisotopic (exact) mass is 330 g/mol. The average molecular weight is 331 g/mol. The molecule has 0 bridgehead atoms. The molecule has 0 aliphatic carbocycles. The fraction of sp³-hybridized carbons (Fsp3) is 0.316. The first-order chi connectivity index (χ1) is 11.0. The van der Waals surface area contributed by atoms with E-state index in [-0.39, 0.29) is 6.10 Å². The number of nitrogens with two attached hydrogens (primary N) is 1. The molecule has 2 rings (SSSR count). The molecule has 1 unspecified atom stereocenters. The lowest BCUT2D eigenvalue weighted by atomic mass is 10.1. The summed E-state index contributed by atoms with van der Waals surface area (Å²) >= 11 is 5.87. The first kappa shape index (κ1) is 17.5. The number of aliphatic imine (C=N–C) groups is 1. The summed E-state index contributed by atoms with van der Waals surface area (Å²) in [4.78, 5) is 4.41. The molecule has 2 N–H and O–H groups in total.